The lowest BCUT2D eigenvalue weighted by Crippen LogP contribution is -2.32. The van der Waals surface area contributed by atoms with Crippen molar-refractivity contribution in [1.82, 2.24) is 0 Å². The molecule has 16 heavy (non-hydrogen) atoms. The van der Waals surface area contributed by atoms with Crippen LogP contribution in [0.3, 0.4) is 0 Å². The number of carbonyl (C=O) groups excluding carboxylic acids is 1. The molecule has 0 aliphatic carbocycles. The summed E-state index contributed by atoms with van der Waals surface area (Å²) in [7, 11) is -3.84. The van der Waals surface area contributed by atoms with Gasteiger partial charge in [0.25, 0.3) is 0 Å². The summed E-state index contributed by atoms with van der Waals surface area (Å²) in [6.45, 7) is 0. The Morgan fingerprint density at radius 2 is 1.88 bits per heavy atom. The molecule has 0 N–H and O–H groups in total. The third-order valence-corrected chi connectivity index (χ3v) is 1.85. The highest BCUT2D eigenvalue weighted by Crippen LogP contribution is 2.02. The SMILES string of the molecule is CS(=O)(=O)O/N=C(\C(=O)[O-])c1ccccc1. The number of hydrogen-bond acceptors (Lipinski definition) is 6. The molecular weight excluding hydrogens is 234 g/mol. The minimum Gasteiger partial charge on any atom is -0.543 e. The zero-order valence-corrected chi connectivity index (χ0v) is 9.10. The molecule has 1 aromatic carbocycles. The van der Waals surface area contributed by atoms with Crippen LogP contribution in [0.5, 0.6) is 0 Å². The highest BCUT2D eigenvalue weighted by molar-refractivity contribution is 7.85. The number of carbonyl (C=O) groups is 1. The maximum atomic E-state index is 10.7. The van der Waals surface area contributed by atoms with Gasteiger partial charge in [-0.2, -0.15) is 8.42 Å². The summed E-state index contributed by atoms with van der Waals surface area (Å²) in [4.78, 5) is 10.7. The Morgan fingerprint density at radius 3 is 2.31 bits per heavy atom. The molecule has 0 bridgehead atoms. The van der Waals surface area contributed by atoms with Gasteiger partial charge >= 0.3 is 10.1 Å². The van der Waals surface area contributed by atoms with E-state index in [0.29, 0.717) is 0 Å². The number of nitrogens with zero attached hydrogens (tertiary/aromatic N) is 1. The van der Waals surface area contributed by atoms with Crippen molar-refractivity contribution in [3.63, 3.8) is 0 Å². The Morgan fingerprint density at radius 1 is 1.31 bits per heavy atom. The molecule has 1 aromatic rings. The van der Waals surface area contributed by atoms with E-state index >= 15 is 0 Å². The maximum absolute atomic E-state index is 10.7. The number of hydrogen-bond donors (Lipinski definition) is 0. The first-order valence-corrected chi connectivity index (χ1v) is 5.95. The van der Waals surface area contributed by atoms with E-state index in [1.54, 1.807) is 18.2 Å². The van der Waals surface area contributed by atoms with E-state index in [9.17, 15) is 18.3 Å². The van der Waals surface area contributed by atoms with Gasteiger partial charge in [-0.3, -0.25) is 4.28 Å². The van der Waals surface area contributed by atoms with Gasteiger partial charge in [0.2, 0.25) is 0 Å². The Balaban J connectivity index is 3.07. The highest BCUT2D eigenvalue weighted by Gasteiger charge is 2.07. The van der Waals surface area contributed by atoms with Crippen molar-refractivity contribution < 1.29 is 22.6 Å². The number of oxime groups is 1. The fourth-order valence-electron chi connectivity index (χ4n) is 0.909. The van der Waals surface area contributed by atoms with Gasteiger partial charge in [0.15, 0.2) is 0 Å². The predicted molar refractivity (Wildman–Crippen MR) is 53.9 cm³/mol. The van der Waals surface area contributed by atoms with Gasteiger partial charge in [0.05, 0.1) is 12.2 Å². The standard InChI is InChI=1S/C9H9NO5S/c1-16(13,14)15-10-8(9(11)12)7-5-3-2-4-6-7/h2-6H,1H3,(H,11,12)/p-1/b10-8-. The third-order valence-electron chi connectivity index (χ3n) is 1.50. The van der Waals surface area contributed by atoms with E-state index in [4.69, 9.17) is 0 Å². The van der Waals surface area contributed by atoms with E-state index < -0.39 is 21.8 Å². The molecule has 0 saturated heterocycles. The molecule has 0 saturated carbocycles. The zero-order valence-electron chi connectivity index (χ0n) is 8.28. The van der Waals surface area contributed by atoms with Crippen molar-refractivity contribution in [2.24, 2.45) is 5.16 Å². The van der Waals surface area contributed by atoms with Crippen molar-refractivity contribution in [2.45, 2.75) is 0 Å². The Hall–Kier alpha value is -1.89. The van der Waals surface area contributed by atoms with Crippen LogP contribution in [0.4, 0.5) is 0 Å². The average Bonchev–Trinajstić information content (AvgIpc) is 2.17. The van der Waals surface area contributed by atoms with Gasteiger partial charge in [-0.15, -0.1) is 0 Å². The van der Waals surface area contributed by atoms with Crippen LogP contribution in [-0.4, -0.2) is 26.4 Å². The molecule has 0 heterocycles. The first-order valence-electron chi connectivity index (χ1n) is 4.13. The van der Waals surface area contributed by atoms with Gasteiger partial charge in [-0.05, 0) is 0 Å². The van der Waals surface area contributed by atoms with Crippen molar-refractivity contribution in [3.05, 3.63) is 35.9 Å². The van der Waals surface area contributed by atoms with E-state index in [0.717, 1.165) is 6.26 Å². The minimum absolute atomic E-state index is 0.200. The summed E-state index contributed by atoms with van der Waals surface area (Å²) in [5.74, 6) is -1.62. The van der Waals surface area contributed by atoms with Crippen molar-refractivity contribution in [1.29, 1.82) is 0 Å². The van der Waals surface area contributed by atoms with Gasteiger partial charge in [-0.1, -0.05) is 35.5 Å². The van der Waals surface area contributed by atoms with E-state index in [2.05, 4.69) is 9.44 Å². The highest BCUT2D eigenvalue weighted by atomic mass is 32.2. The largest absolute Gasteiger partial charge is 0.543 e. The molecule has 0 aliphatic heterocycles. The first kappa shape index (κ1) is 12.2. The van der Waals surface area contributed by atoms with E-state index in [1.165, 1.54) is 12.1 Å². The van der Waals surface area contributed by atoms with Crippen LogP contribution in [0.2, 0.25) is 0 Å². The van der Waals surface area contributed by atoms with E-state index in [1.807, 2.05) is 0 Å². The second-order valence-corrected chi connectivity index (χ2v) is 4.43. The van der Waals surface area contributed by atoms with Gasteiger partial charge in [0.1, 0.15) is 5.71 Å². The summed E-state index contributed by atoms with van der Waals surface area (Å²) in [6.07, 6.45) is 0.758. The van der Waals surface area contributed by atoms with E-state index in [-0.39, 0.29) is 5.56 Å². The van der Waals surface area contributed by atoms with Crippen LogP contribution >= 0.6 is 0 Å². The molecule has 0 amide bonds. The van der Waals surface area contributed by atoms with Crippen LogP contribution < -0.4 is 5.11 Å². The lowest BCUT2D eigenvalue weighted by molar-refractivity contribution is -0.294. The fourth-order valence-corrected chi connectivity index (χ4v) is 1.12. The number of carboxylic acid groups (broad SMARTS) is 1. The fraction of sp³-hybridized carbons (Fsp3) is 0.111. The molecule has 0 fully saturated rings. The molecular formula is C9H8NO5S-. The monoisotopic (exact) mass is 242 g/mol. The Kier molecular flexibility index (Phi) is 3.62. The van der Waals surface area contributed by atoms with Crippen LogP contribution in [0, 0.1) is 0 Å². The second kappa shape index (κ2) is 4.75. The Labute approximate surface area is 92.3 Å². The molecule has 7 heteroatoms. The molecule has 1 rings (SSSR count). The van der Waals surface area contributed by atoms with Crippen LogP contribution in [0.25, 0.3) is 0 Å². The second-order valence-electron chi connectivity index (χ2n) is 2.87. The number of aliphatic carboxylic acids is 1. The summed E-state index contributed by atoms with van der Waals surface area (Å²) < 4.78 is 25.3. The lowest BCUT2D eigenvalue weighted by atomic mass is 10.1. The third kappa shape index (κ3) is 3.70. The molecule has 86 valence electrons. The van der Waals surface area contributed by atoms with Crippen molar-refractivity contribution in [3.8, 4) is 0 Å². The summed E-state index contributed by atoms with van der Waals surface area (Å²) in [5.41, 5.74) is -0.378. The molecule has 0 spiro atoms. The molecule has 0 atom stereocenters. The molecule has 0 radical (unpaired) electrons. The van der Waals surface area contributed by atoms with Crippen LogP contribution in [-0.2, 0) is 19.2 Å². The lowest BCUT2D eigenvalue weighted by Gasteiger charge is -2.05. The van der Waals surface area contributed by atoms with Crippen molar-refractivity contribution >= 4 is 21.8 Å². The predicted octanol–water partition coefficient (Wildman–Crippen LogP) is -0.883. The minimum atomic E-state index is -3.84. The van der Waals surface area contributed by atoms with Crippen molar-refractivity contribution in [2.75, 3.05) is 6.26 Å². The maximum Gasteiger partial charge on any atom is 0.325 e. The van der Waals surface area contributed by atoms with Gasteiger partial charge in [-0.25, -0.2) is 0 Å². The number of rotatable bonds is 4. The molecule has 0 aromatic heterocycles. The molecule has 0 aliphatic rings. The van der Waals surface area contributed by atoms with Crippen LogP contribution in [0.1, 0.15) is 5.56 Å². The van der Waals surface area contributed by atoms with Gasteiger partial charge < -0.3 is 9.90 Å². The number of carboxylic acids is 1. The van der Waals surface area contributed by atoms with Gasteiger partial charge in [0, 0.05) is 5.56 Å². The van der Waals surface area contributed by atoms with Crippen LogP contribution in [0.15, 0.2) is 35.5 Å². The molecule has 6 nitrogen and oxygen atoms in total. The first-order chi connectivity index (χ1) is 7.40. The Bertz CT molecular complexity index is 506. The normalized spacial score (nSPS) is 12.2. The smallest absolute Gasteiger partial charge is 0.325 e. The summed E-state index contributed by atoms with van der Waals surface area (Å²) in [5, 5.41) is 13.7. The quantitative estimate of drug-likeness (QED) is 0.504. The summed E-state index contributed by atoms with van der Waals surface area (Å²) in [6, 6.07) is 7.72. The number of benzene rings is 1. The molecule has 0 unspecified atom stereocenters. The average molecular weight is 242 g/mol. The topological polar surface area (TPSA) is 95.9 Å². The zero-order chi connectivity index (χ0) is 12.2. The summed E-state index contributed by atoms with van der Waals surface area (Å²) >= 11 is 0.